The van der Waals surface area contributed by atoms with E-state index in [1.807, 2.05) is 0 Å². The van der Waals surface area contributed by atoms with E-state index < -0.39 is 11.9 Å². The molecule has 90 valence electrons. The summed E-state index contributed by atoms with van der Waals surface area (Å²) >= 11 is 0. The minimum Gasteiger partial charge on any atom is -0.466 e. The van der Waals surface area contributed by atoms with Crippen LogP contribution in [0, 0.1) is 0 Å². The minimum atomic E-state index is -0.578. The van der Waals surface area contributed by atoms with Crippen LogP contribution in [0.15, 0.2) is 12.2 Å². The number of amides is 1. The van der Waals surface area contributed by atoms with Crippen molar-refractivity contribution < 1.29 is 23.9 Å². The van der Waals surface area contributed by atoms with Gasteiger partial charge in [0, 0.05) is 25.1 Å². The van der Waals surface area contributed by atoms with Gasteiger partial charge in [-0.1, -0.05) is 0 Å². The molecule has 0 radical (unpaired) electrons. The van der Waals surface area contributed by atoms with E-state index in [4.69, 9.17) is 0 Å². The Labute approximate surface area is 93.6 Å². The zero-order chi connectivity index (χ0) is 12.4. The van der Waals surface area contributed by atoms with Crippen LogP contribution >= 0.6 is 0 Å². The van der Waals surface area contributed by atoms with Crippen LogP contribution in [-0.2, 0) is 23.9 Å². The van der Waals surface area contributed by atoms with E-state index in [1.54, 1.807) is 0 Å². The topological polar surface area (TPSA) is 81.7 Å². The van der Waals surface area contributed by atoms with Gasteiger partial charge in [0.15, 0.2) is 0 Å². The third-order valence-electron chi connectivity index (χ3n) is 1.66. The Balaban J connectivity index is 0.000000315. The molecule has 0 atom stereocenters. The molecule has 0 aliphatic carbocycles. The summed E-state index contributed by atoms with van der Waals surface area (Å²) in [6.45, 7) is 0.888. The molecule has 1 fully saturated rings. The Bertz CT molecular complexity index is 259. The van der Waals surface area contributed by atoms with Gasteiger partial charge in [-0.25, -0.2) is 9.59 Å². The molecule has 1 aliphatic rings. The number of carbonyl (C=O) groups is 3. The van der Waals surface area contributed by atoms with Crippen molar-refractivity contribution in [3.05, 3.63) is 12.2 Å². The Kier molecular flexibility index (Phi) is 7.48. The smallest absolute Gasteiger partial charge is 0.330 e. The van der Waals surface area contributed by atoms with E-state index in [-0.39, 0.29) is 5.91 Å². The average molecular weight is 229 g/mol. The molecule has 0 aromatic heterocycles. The predicted octanol–water partition coefficient (Wildman–Crippen LogP) is -0.215. The van der Waals surface area contributed by atoms with Crippen molar-refractivity contribution in [1.82, 2.24) is 5.32 Å². The fraction of sp³-hybridized carbons (Fsp3) is 0.500. The summed E-state index contributed by atoms with van der Waals surface area (Å²) in [5.74, 6) is -0.953. The Morgan fingerprint density at radius 3 is 1.88 bits per heavy atom. The number of rotatable bonds is 2. The lowest BCUT2D eigenvalue weighted by Crippen LogP contribution is -2.12. The Morgan fingerprint density at radius 1 is 1.19 bits per heavy atom. The highest BCUT2D eigenvalue weighted by Gasteiger charge is 2.05. The largest absolute Gasteiger partial charge is 0.466 e. The van der Waals surface area contributed by atoms with E-state index in [2.05, 4.69) is 14.8 Å². The van der Waals surface area contributed by atoms with Gasteiger partial charge >= 0.3 is 11.9 Å². The molecule has 1 aliphatic heterocycles. The van der Waals surface area contributed by atoms with Gasteiger partial charge in [0.05, 0.1) is 14.2 Å². The van der Waals surface area contributed by atoms with Crippen LogP contribution in [0.3, 0.4) is 0 Å². The van der Waals surface area contributed by atoms with Gasteiger partial charge in [-0.2, -0.15) is 0 Å². The highest BCUT2D eigenvalue weighted by Crippen LogP contribution is 1.93. The maximum absolute atomic E-state index is 10.3. The molecule has 16 heavy (non-hydrogen) atoms. The van der Waals surface area contributed by atoms with Gasteiger partial charge in [0.25, 0.3) is 0 Å². The highest BCUT2D eigenvalue weighted by atomic mass is 16.5. The number of hydrogen-bond donors (Lipinski definition) is 1. The van der Waals surface area contributed by atoms with Crippen LogP contribution in [0.25, 0.3) is 0 Å². The zero-order valence-corrected chi connectivity index (χ0v) is 9.32. The van der Waals surface area contributed by atoms with Crippen molar-refractivity contribution in [2.75, 3.05) is 20.8 Å². The van der Waals surface area contributed by atoms with Crippen LogP contribution in [0.1, 0.15) is 12.8 Å². The van der Waals surface area contributed by atoms with Crippen molar-refractivity contribution in [2.24, 2.45) is 0 Å². The first-order chi connectivity index (χ1) is 7.60. The molecular weight excluding hydrogens is 214 g/mol. The first kappa shape index (κ1) is 14.2. The second kappa shape index (κ2) is 8.46. The first-order valence-corrected chi connectivity index (χ1v) is 4.70. The quantitative estimate of drug-likeness (QED) is 0.523. The number of esters is 2. The fourth-order valence-electron chi connectivity index (χ4n) is 0.837. The molecule has 0 aromatic carbocycles. The number of hydrogen-bond acceptors (Lipinski definition) is 5. The van der Waals surface area contributed by atoms with Gasteiger partial charge in [-0.3, -0.25) is 4.79 Å². The summed E-state index contributed by atoms with van der Waals surface area (Å²) < 4.78 is 8.42. The second-order valence-corrected chi connectivity index (χ2v) is 2.83. The molecule has 0 spiro atoms. The summed E-state index contributed by atoms with van der Waals surface area (Å²) in [5, 5.41) is 2.68. The molecule has 6 nitrogen and oxygen atoms in total. The monoisotopic (exact) mass is 229 g/mol. The summed E-state index contributed by atoms with van der Waals surface area (Å²) in [6, 6.07) is 0. The SMILES string of the molecule is COC(=O)/C=C\C(=O)OC.O=C1CCCN1. The molecule has 1 saturated heterocycles. The zero-order valence-electron chi connectivity index (χ0n) is 9.32. The van der Waals surface area contributed by atoms with Gasteiger partial charge in [0.2, 0.25) is 5.91 Å². The predicted molar refractivity (Wildman–Crippen MR) is 55.4 cm³/mol. The molecule has 1 N–H and O–H groups in total. The van der Waals surface area contributed by atoms with E-state index in [9.17, 15) is 14.4 Å². The Hall–Kier alpha value is -1.85. The van der Waals surface area contributed by atoms with E-state index in [0.29, 0.717) is 0 Å². The van der Waals surface area contributed by atoms with Crippen LogP contribution < -0.4 is 5.32 Å². The molecule has 0 unspecified atom stereocenters. The third kappa shape index (κ3) is 7.54. The maximum atomic E-state index is 10.3. The van der Waals surface area contributed by atoms with Gasteiger partial charge in [0.1, 0.15) is 0 Å². The molecule has 1 amide bonds. The van der Waals surface area contributed by atoms with Crippen molar-refractivity contribution in [2.45, 2.75) is 12.8 Å². The fourth-order valence-corrected chi connectivity index (χ4v) is 0.837. The average Bonchev–Trinajstić information content (AvgIpc) is 2.77. The van der Waals surface area contributed by atoms with Gasteiger partial charge in [-0.05, 0) is 6.42 Å². The van der Waals surface area contributed by atoms with Crippen LogP contribution in [0.4, 0.5) is 0 Å². The molecule has 1 rings (SSSR count). The minimum absolute atomic E-state index is 0.204. The molecule has 1 heterocycles. The number of ether oxygens (including phenoxy) is 2. The second-order valence-electron chi connectivity index (χ2n) is 2.83. The molecular formula is C10H15NO5. The highest BCUT2D eigenvalue weighted by molar-refractivity contribution is 5.91. The summed E-state index contributed by atoms with van der Waals surface area (Å²) in [5.41, 5.74) is 0. The summed E-state index contributed by atoms with van der Waals surface area (Å²) in [7, 11) is 2.45. The van der Waals surface area contributed by atoms with Crippen molar-refractivity contribution in [1.29, 1.82) is 0 Å². The van der Waals surface area contributed by atoms with Gasteiger partial charge in [-0.15, -0.1) is 0 Å². The van der Waals surface area contributed by atoms with Crippen molar-refractivity contribution >= 4 is 17.8 Å². The molecule has 0 aromatic rings. The van der Waals surface area contributed by atoms with Crippen molar-refractivity contribution in [3.8, 4) is 0 Å². The van der Waals surface area contributed by atoms with Crippen molar-refractivity contribution in [3.63, 3.8) is 0 Å². The number of methoxy groups -OCH3 is 2. The van der Waals surface area contributed by atoms with Crippen LogP contribution in [0.5, 0.6) is 0 Å². The lowest BCUT2D eigenvalue weighted by Gasteiger charge is -1.89. The van der Waals surface area contributed by atoms with E-state index in [0.717, 1.165) is 31.5 Å². The molecule has 6 heteroatoms. The molecule has 0 saturated carbocycles. The first-order valence-electron chi connectivity index (χ1n) is 4.70. The molecule has 0 bridgehead atoms. The summed E-state index contributed by atoms with van der Waals surface area (Å²) in [6.07, 6.45) is 3.75. The van der Waals surface area contributed by atoms with Crippen LogP contribution in [-0.4, -0.2) is 38.6 Å². The standard InChI is InChI=1S/C6H8O4.C4H7NO/c1-9-5(7)3-4-6(8)10-2;6-4-2-1-3-5-4/h3-4H,1-2H3;1-3H2,(H,5,6)/b4-3-;. The van der Waals surface area contributed by atoms with E-state index in [1.165, 1.54) is 14.2 Å². The number of carbonyl (C=O) groups excluding carboxylic acids is 3. The summed E-state index contributed by atoms with van der Waals surface area (Å²) in [4.78, 5) is 30.8. The third-order valence-corrected chi connectivity index (χ3v) is 1.66. The maximum Gasteiger partial charge on any atom is 0.330 e. The lowest BCUT2D eigenvalue weighted by molar-refractivity contribution is -0.137. The van der Waals surface area contributed by atoms with Crippen LogP contribution in [0.2, 0.25) is 0 Å². The normalized spacial score (nSPS) is 13.8. The Morgan fingerprint density at radius 2 is 1.69 bits per heavy atom. The number of nitrogens with one attached hydrogen (secondary N) is 1. The van der Waals surface area contributed by atoms with E-state index >= 15 is 0 Å². The lowest BCUT2D eigenvalue weighted by atomic mass is 10.4. The van der Waals surface area contributed by atoms with Gasteiger partial charge < -0.3 is 14.8 Å².